The predicted molar refractivity (Wildman–Crippen MR) is 187 cm³/mol. The molecule has 254 valence electrons. The van der Waals surface area contributed by atoms with Crippen molar-refractivity contribution in [2.45, 2.75) is 39.7 Å². The second-order valence-electron chi connectivity index (χ2n) is 13.1. The first-order valence-electron chi connectivity index (χ1n) is 16.9. The molecule has 0 bridgehead atoms. The lowest BCUT2D eigenvalue weighted by Crippen LogP contribution is -2.42. The first-order chi connectivity index (χ1) is 23.7. The highest BCUT2D eigenvalue weighted by molar-refractivity contribution is 6.00. The fraction of sp³-hybridized carbons (Fsp3) is 0.389. The van der Waals surface area contributed by atoms with E-state index in [0.717, 1.165) is 51.8 Å². The third kappa shape index (κ3) is 6.45. The van der Waals surface area contributed by atoms with E-state index in [9.17, 15) is 14.4 Å². The highest BCUT2D eigenvalue weighted by atomic mass is 16.4. The van der Waals surface area contributed by atoms with E-state index in [2.05, 4.69) is 45.2 Å². The summed E-state index contributed by atoms with van der Waals surface area (Å²) in [6.07, 6.45) is 7.39. The first-order valence-corrected chi connectivity index (χ1v) is 16.9. The quantitative estimate of drug-likeness (QED) is 0.246. The Morgan fingerprint density at radius 2 is 1.88 bits per heavy atom. The minimum absolute atomic E-state index is 0.0787. The van der Waals surface area contributed by atoms with Gasteiger partial charge in [-0.2, -0.15) is 14.9 Å². The van der Waals surface area contributed by atoms with E-state index in [1.54, 1.807) is 7.05 Å². The first kappa shape index (κ1) is 32.3. The molecule has 2 aromatic carbocycles. The number of aromatic amines is 1. The SMILES string of the molecule is CCN(C(=O)[C@@H]1CCN(CC(=O)N2CC=C(c3ccc(-c4nn(C)c(=O)o4)cc3)CC2)C1)c1ccc2[nH]nc(-c3cnn(C(C)C)c3)c2c1. The van der Waals surface area contributed by atoms with Gasteiger partial charge in [-0.1, -0.05) is 18.2 Å². The number of nitrogens with zero attached hydrogens (tertiary/aromatic N) is 8. The molecule has 1 saturated heterocycles. The second-order valence-corrected chi connectivity index (χ2v) is 13.1. The Hall–Kier alpha value is -5.30. The zero-order valence-electron chi connectivity index (χ0n) is 28.3. The van der Waals surface area contributed by atoms with Crippen molar-refractivity contribution in [2.75, 3.05) is 44.2 Å². The van der Waals surface area contributed by atoms with Crippen molar-refractivity contribution in [3.05, 3.63) is 77.0 Å². The summed E-state index contributed by atoms with van der Waals surface area (Å²) in [6, 6.07) is 14.0. The van der Waals surface area contributed by atoms with E-state index in [1.165, 1.54) is 10.3 Å². The molecule has 3 aromatic heterocycles. The van der Waals surface area contributed by atoms with Gasteiger partial charge in [-0.3, -0.25) is 24.3 Å². The zero-order valence-corrected chi connectivity index (χ0v) is 28.3. The molecule has 5 heterocycles. The number of aromatic nitrogens is 6. The lowest BCUT2D eigenvalue weighted by molar-refractivity contribution is -0.132. The van der Waals surface area contributed by atoms with E-state index in [1.807, 2.05) is 76.3 Å². The molecule has 7 rings (SSSR count). The second kappa shape index (κ2) is 13.3. The van der Waals surface area contributed by atoms with E-state index in [0.29, 0.717) is 39.3 Å². The number of H-pyrrole nitrogens is 1. The Bertz CT molecular complexity index is 2080. The van der Waals surface area contributed by atoms with Crippen LogP contribution in [0.2, 0.25) is 0 Å². The van der Waals surface area contributed by atoms with Gasteiger partial charge in [-0.15, -0.1) is 5.10 Å². The van der Waals surface area contributed by atoms with Crippen molar-refractivity contribution < 1.29 is 14.0 Å². The number of likely N-dealkylation sites (tertiary alicyclic amines) is 1. The van der Waals surface area contributed by atoms with Crippen molar-refractivity contribution in [1.82, 2.24) is 39.6 Å². The summed E-state index contributed by atoms with van der Waals surface area (Å²) in [5.74, 6) is -0.224. The Labute approximate surface area is 283 Å². The van der Waals surface area contributed by atoms with Gasteiger partial charge in [0, 0.05) is 67.7 Å². The largest absolute Gasteiger partial charge is 0.437 e. The summed E-state index contributed by atoms with van der Waals surface area (Å²) in [7, 11) is 1.55. The average Bonchev–Trinajstić information content (AvgIpc) is 3.92. The molecule has 0 spiro atoms. The molecule has 13 heteroatoms. The third-order valence-corrected chi connectivity index (χ3v) is 9.58. The van der Waals surface area contributed by atoms with Crippen molar-refractivity contribution in [3.63, 3.8) is 0 Å². The summed E-state index contributed by atoms with van der Waals surface area (Å²) in [6.45, 7) is 9.46. The number of hydrogen-bond acceptors (Lipinski definition) is 8. The number of amides is 2. The maximum Gasteiger partial charge on any atom is 0.437 e. The maximum absolute atomic E-state index is 13.8. The number of nitrogens with one attached hydrogen (secondary N) is 1. The molecule has 0 aliphatic carbocycles. The molecule has 0 unspecified atom stereocenters. The summed E-state index contributed by atoms with van der Waals surface area (Å²) in [5.41, 5.74) is 6.46. The predicted octanol–water partition coefficient (Wildman–Crippen LogP) is 4.35. The molecule has 1 N–H and O–H groups in total. The van der Waals surface area contributed by atoms with Crippen molar-refractivity contribution >= 4 is 34.0 Å². The van der Waals surface area contributed by atoms with Crippen LogP contribution in [-0.2, 0) is 16.6 Å². The molecule has 0 radical (unpaired) electrons. The maximum atomic E-state index is 13.8. The van der Waals surface area contributed by atoms with Crippen molar-refractivity contribution in [3.8, 4) is 22.7 Å². The Kier molecular flexibility index (Phi) is 8.76. The third-order valence-electron chi connectivity index (χ3n) is 9.58. The van der Waals surface area contributed by atoms with Crippen LogP contribution in [0.5, 0.6) is 0 Å². The van der Waals surface area contributed by atoms with Gasteiger partial charge in [-0.05, 0) is 81.6 Å². The van der Waals surface area contributed by atoms with Gasteiger partial charge >= 0.3 is 5.76 Å². The van der Waals surface area contributed by atoms with Crippen LogP contribution in [-0.4, -0.2) is 90.6 Å². The molecule has 2 aliphatic heterocycles. The number of fused-ring (bicyclic) bond motifs is 1. The van der Waals surface area contributed by atoms with Gasteiger partial charge in [0.1, 0.15) is 5.69 Å². The van der Waals surface area contributed by atoms with E-state index >= 15 is 0 Å². The molecule has 1 atom stereocenters. The minimum Gasteiger partial charge on any atom is -0.388 e. The summed E-state index contributed by atoms with van der Waals surface area (Å²) >= 11 is 0. The molecular weight excluding hydrogens is 622 g/mol. The number of carbonyl (C=O) groups excluding carboxylic acids is 2. The fourth-order valence-corrected chi connectivity index (χ4v) is 6.74. The van der Waals surface area contributed by atoms with Gasteiger partial charge in [0.25, 0.3) is 0 Å². The number of rotatable bonds is 9. The van der Waals surface area contributed by atoms with Gasteiger partial charge in [0.15, 0.2) is 0 Å². The van der Waals surface area contributed by atoms with E-state index in [-0.39, 0.29) is 29.7 Å². The average molecular weight is 664 g/mol. The smallest absolute Gasteiger partial charge is 0.388 e. The van der Waals surface area contributed by atoms with Crippen LogP contribution in [0.4, 0.5) is 5.69 Å². The van der Waals surface area contributed by atoms with Crippen molar-refractivity contribution in [2.24, 2.45) is 13.0 Å². The summed E-state index contributed by atoms with van der Waals surface area (Å²) < 4.78 is 8.26. The molecule has 2 aliphatic rings. The van der Waals surface area contributed by atoms with Crippen LogP contribution in [0, 0.1) is 5.92 Å². The summed E-state index contributed by atoms with van der Waals surface area (Å²) in [5, 5.41) is 17.2. The topological polar surface area (TPSA) is 138 Å². The van der Waals surface area contributed by atoms with E-state index < -0.39 is 5.76 Å². The number of carbonyl (C=O) groups is 2. The highest BCUT2D eigenvalue weighted by Crippen LogP contribution is 2.32. The zero-order chi connectivity index (χ0) is 34.2. The molecule has 2 amide bonds. The van der Waals surface area contributed by atoms with Gasteiger partial charge < -0.3 is 14.2 Å². The van der Waals surface area contributed by atoms with Crippen LogP contribution in [0.3, 0.4) is 0 Å². The molecule has 13 nitrogen and oxygen atoms in total. The molecule has 0 saturated carbocycles. The van der Waals surface area contributed by atoms with E-state index in [4.69, 9.17) is 4.42 Å². The minimum atomic E-state index is -0.498. The van der Waals surface area contributed by atoms with Crippen LogP contribution in [0.1, 0.15) is 45.2 Å². The highest BCUT2D eigenvalue weighted by Gasteiger charge is 2.33. The Morgan fingerprint density at radius 1 is 1.08 bits per heavy atom. The number of hydrogen-bond donors (Lipinski definition) is 1. The number of benzene rings is 2. The van der Waals surface area contributed by atoms with Crippen LogP contribution in [0.25, 0.3) is 39.2 Å². The van der Waals surface area contributed by atoms with Gasteiger partial charge in [-0.25, -0.2) is 4.79 Å². The van der Waals surface area contributed by atoms with Crippen LogP contribution in [0.15, 0.2) is 70.1 Å². The molecule has 49 heavy (non-hydrogen) atoms. The standard InChI is InChI=1S/C36H41N9O4/c1-5-44(29-10-11-31-30(18-29)33(39-38-31)28-19-37-45(21-28)23(2)3)35(47)27-12-15-42(20-27)22-32(46)43-16-13-25(14-17-43)24-6-8-26(9-7-24)34-40-41(4)36(48)49-34/h6-11,13,18-19,21,23,27H,5,12,14-17,20,22H2,1-4H3,(H,38,39)/t27-/m1/s1. The summed E-state index contributed by atoms with van der Waals surface area (Å²) in [4.78, 5) is 44.6. The number of anilines is 1. The molecule has 1 fully saturated rings. The van der Waals surface area contributed by atoms with Crippen LogP contribution < -0.4 is 10.7 Å². The Morgan fingerprint density at radius 3 is 2.55 bits per heavy atom. The lowest BCUT2D eigenvalue weighted by atomic mass is 9.98. The number of aryl methyl sites for hydroxylation is 1. The monoisotopic (exact) mass is 663 g/mol. The molecular formula is C36H41N9O4. The normalized spacial score (nSPS) is 16.9. The Balaban J connectivity index is 0.954. The van der Waals surface area contributed by atoms with Crippen LogP contribution >= 0.6 is 0 Å². The van der Waals surface area contributed by atoms with Gasteiger partial charge in [0.05, 0.1) is 24.2 Å². The fourth-order valence-electron chi connectivity index (χ4n) is 6.74. The molecule has 5 aromatic rings. The van der Waals surface area contributed by atoms with Crippen molar-refractivity contribution in [1.29, 1.82) is 0 Å². The lowest BCUT2D eigenvalue weighted by Gasteiger charge is -2.29. The van der Waals surface area contributed by atoms with Gasteiger partial charge in [0.2, 0.25) is 17.7 Å².